The Bertz CT molecular complexity index is 310. The number of hydrogen-bond acceptors (Lipinski definition) is 2. The second-order valence-electron chi connectivity index (χ2n) is 3.41. The molecule has 0 aliphatic heterocycles. The molecule has 1 saturated carbocycles. The number of hydrogen-bond donors (Lipinski definition) is 0. The first-order chi connectivity index (χ1) is 5.70. The molecule has 0 saturated heterocycles. The highest BCUT2D eigenvalue weighted by Crippen LogP contribution is 2.36. The first-order valence-corrected chi connectivity index (χ1v) is 4.14. The lowest BCUT2D eigenvalue weighted by Crippen LogP contribution is -2.20. The standard InChI is InChI=1S/C10H10O2/c1-6-9(12)5-7-3-2-4-8(11)10(6)7/h2-4,6,10H,5H2,1H3. The van der Waals surface area contributed by atoms with E-state index in [1.165, 1.54) is 0 Å². The molecule has 0 spiro atoms. The van der Waals surface area contributed by atoms with E-state index in [2.05, 4.69) is 0 Å². The zero-order valence-electron chi connectivity index (χ0n) is 6.91. The molecule has 2 aliphatic carbocycles. The molecular formula is C10H10O2. The Balaban J connectivity index is 2.40. The van der Waals surface area contributed by atoms with E-state index in [0.29, 0.717) is 6.42 Å². The average molecular weight is 162 g/mol. The van der Waals surface area contributed by atoms with Crippen molar-refractivity contribution in [2.75, 3.05) is 0 Å². The Morgan fingerprint density at radius 3 is 2.83 bits per heavy atom. The Hall–Kier alpha value is -1.18. The van der Waals surface area contributed by atoms with Crippen LogP contribution in [0.4, 0.5) is 0 Å². The predicted octanol–water partition coefficient (Wildman–Crippen LogP) is 1.28. The maximum Gasteiger partial charge on any atom is 0.163 e. The van der Waals surface area contributed by atoms with Crippen LogP contribution in [0, 0.1) is 11.8 Å². The van der Waals surface area contributed by atoms with Gasteiger partial charge < -0.3 is 0 Å². The number of ketones is 2. The van der Waals surface area contributed by atoms with Crippen LogP contribution in [0.25, 0.3) is 0 Å². The summed E-state index contributed by atoms with van der Waals surface area (Å²) in [6.07, 6.45) is 5.66. The van der Waals surface area contributed by atoms with Gasteiger partial charge in [0, 0.05) is 12.3 Å². The van der Waals surface area contributed by atoms with Crippen molar-refractivity contribution < 1.29 is 9.59 Å². The van der Waals surface area contributed by atoms with E-state index in [4.69, 9.17) is 0 Å². The minimum absolute atomic E-state index is 0.0888. The fourth-order valence-electron chi connectivity index (χ4n) is 1.94. The molecule has 0 N–H and O–H groups in total. The second-order valence-corrected chi connectivity index (χ2v) is 3.41. The highest BCUT2D eigenvalue weighted by atomic mass is 16.1. The monoisotopic (exact) mass is 162 g/mol. The third-order valence-electron chi connectivity index (χ3n) is 2.66. The second kappa shape index (κ2) is 2.41. The van der Waals surface area contributed by atoms with E-state index < -0.39 is 0 Å². The molecule has 0 heterocycles. The van der Waals surface area contributed by atoms with E-state index in [-0.39, 0.29) is 23.4 Å². The Morgan fingerprint density at radius 2 is 2.17 bits per heavy atom. The number of fused-ring (bicyclic) bond motifs is 1. The van der Waals surface area contributed by atoms with Crippen LogP contribution in [-0.4, -0.2) is 11.6 Å². The number of Topliss-reactive ketones (excluding diaryl/α,β-unsaturated/α-hetero) is 1. The summed E-state index contributed by atoms with van der Waals surface area (Å²) in [6.45, 7) is 1.84. The molecule has 62 valence electrons. The molecule has 12 heavy (non-hydrogen) atoms. The van der Waals surface area contributed by atoms with Crippen LogP contribution in [-0.2, 0) is 9.59 Å². The van der Waals surface area contributed by atoms with E-state index in [1.54, 1.807) is 12.2 Å². The summed E-state index contributed by atoms with van der Waals surface area (Å²) in [5.74, 6) is 0.0466. The number of allylic oxidation sites excluding steroid dienone is 4. The van der Waals surface area contributed by atoms with Crippen LogP contribution in [0.2, 0.25) is 0 Å². The van der Waals surface area contributed by atoms with Gasteiger partial charge in [0.15, 0.2) is 5.78 Å². The lowest BCUT2D eigenvalue weighted by atomic mass is 9.87. The Kier molecular flexibility index (Phi) is 1.50. The van der Waals surface area contributed by atoms with Crippen LogP contribution in [0.3, 0.4) is 0 Å². The largest absolute Gasteiger partial charge is 0.299 e. The molecular weight excluding hydrogens is 152 g/mol. The Morgan fingerprint density at radius 1 is 1.42 bits per heavy atom. The van der Waals surface area contributed by atoms with Gasteiger partial charge in [-0.3, -0.25) is 9.59 Å². The molecule has 0 aromatic heterocycles. The van der Waals surface area contributed by atoms with Gasteiger partial charge in [0.1, 0.15) is 5.78 Å². The fraction of sp³-hybridized carbons (Fsp3) is 0.400. The maximum absolute atomic E-state index is 11.4. The minimum atomic E-state index is -0.137. The van der Waals surface area contributed by atoms with Gasteiger partial charge in [0.25, 0.3) is 0 Å². The highest BCUT2D eigenvalue weighted by molar-refractivity contribution is 6.03. The molecule has 0 aromatic carbocycles. The topological polar surface area (TPSA) is 34.1 Å². The summed E-state index contributed by atoms with van der Waals surface area (Å²) in [4.78, 5) is 22.6. The molecule has 0 bridgehead atoms. The summed E-state index contributed by atoms with van der Waals surface area (Å²) in [5.41, 5.74) is 1.00. The summed E-state index contributed by atoms with van der Waals surface area (Å²) in [7, 11) is 0. The number of carbonyl (C=O) groups is 2. The SMILES string of the molecule is CC1C(=O)CC2=CC=CC(=O)C21. The maximum atomic E-state index is 11.4. The van der Waals surface area contributed by atoms with E-state index in [0.717, 1.165) is 5.57 Å². The molecule has 2 aliphatic rings. The van der Waals surface area contributed by atoms with E-state index in [9.17, 15) is 9.59 Å². The van der Waals surface area contributed by atoms with Gasteiger partial charge in [-0.15, -0.1) is 0 Å². The summed E-state index contributed by atoms with van der Waals surface area (Å²) < 4.78 is 0. The van der Waals surface area contributed by atoms with Crippen molar-refractivity contribution in [3.8, 4) is 0 Å². The van der Waals surface area contributed by atoms with Crippen molar-refractivity contribution in [3.63, 3.8) is 0 Å². The third-order valence-corrected chi connectivity index (χ3v) is 2.66. The van der Waals surface area contributed by atoms with Crippen molar-refractivity contribution in [2.24, 2.45) is 11.8 Å². The molecule has 0 radical (unpaired) electrons. The normalized spacial score (nSPS) is 33.6. The molecule has 2 nitrogen and oxygen atoms in total. The van der Waals surface area contributed by atoms with Crippen LogP contribution in [0.1, 0.15) is 13.3 Å². The van der Waals surface area contributed by atoms with Crippen molar-refractivity contribution in [1.82, 2.24) is 0 Å². The summed E-state index contributed by atoms with van der Waals surface area (Å²) in [6, 6.07) is 0. The smallest absolute Gasteiger partial charge is 0.163 e. The molecule has 2 heteroatoms. The zero-order valence-corrected chi connectivity index (χ0v) is 6.91. The van der Waals surface area contributed by atoms with Crippen molar-refractivity contribution in [3.05, 3.63) is 23.8 Å². The third kappa shape index (κ3) is 0.876. The fourth-order valence-corrected chi connectivity index (χ4v) is 1.94. The molecule has 0 aromatic rings. The number of carbonyl (C=O) groups excluding carboxylic acids is 2. The van der Waals surface area contributed by atoms with Gasteiger partial charge in [-0.25, -0.2) is 0 Å². The van der Waals surface area contributed by atoms with Crippen LogP contribution in [0.5, 0.6) is 0 Å². The van der Waals surface area contributed by atoms with Crippen molar-refractivity contribution in [1.29, 1.82) is 0 Å². The molecule has 2 rings (SSSR count). The van der Waals surface area contributed by atoms with E-state index >= 15 is 0 Å². The quantitative estimate of drug-likeness (QED) is 0.537. The van der Waals surface area contributed by atoms with Gasteiger partial charge in [0.05, 0.1) is 5.92 Å². The van der Waals surface area contributed by atoms with Gasteiger partial charge in [-0.1, -0.05) is 24.6 Å². The van der Waals surface area contributed by atoms with Crippen LogP contribution < -0.4 is 0 Å². The van der Waals surface area contributed by atoms with Crippen molar-refractivity contribution in [2.45, 2.75) is 13.3 Å². The van der Waals surface area contributed by atoms with Gasteiger partial charge in [0.2, 0.25) is 0 Å². The number of rotatable bonds is 0. The summed E-state index contributed by atoms with van der Waals surface area (Å²) >= 11 is 0. The van der Waals surface area contributed by atoms with Crippen LogP contribution in [0.15, 0.2) is 23.8 Å². The predicted molar refractivity (Wildman–Crippen MR) is 44.5 cm³/mol. The Labute approximate surface area is 71.0 Å². The van der Waals surface area contributed by atoms with E-state index in [1.807, 2.05) is 13.0 Å². The lowest BCUT2D eigenvalue weighted by Gasteiger charge is -2.14. The minimum Gasteiger partial charge on any atom is -0.299 e. The first-order valence-electron chi connectivity index (χ1n) is 4.14. The first kappa shape index (κ1) is 7.47. The van der Waals surface area contributed by atoms with Gasteiger partial charge in [-0.2, -0.15) is 0 Å². The van der Waals surface area contributed by atoms with Gasteiger partial charge >= 0.3 is 0 Å². The molecule has 2 atom stereocenters. The lowest BCUT2D eigenvalue weighted by molar-refractivity contribution is -0.125. The highest BCUT2D eigenvalue weighted by Gasteiger charge is 2.39. The molecule has 1 fully saturated rings. The average Bonchev–Trinajstić information content (AvgIpc) is 2.29. The molecule has 2 unspecified atom stereocenters. The van der Waals surface area contributed by atoms with Crippen molar-refractivity contribution >= 4 is 11.6 Å². The summed E-state index contributed by atoms with van der Waals surface area (Å²) in [5, 5.41) is 0. The van der Waals surface area contributed by atoms with Crippen LogP contribution >= 0.6 is 0 Å². The molecule has 0 amide bonds. The van der Waals surface area contributed by atoms with Gasteiger partial charge in [-0.05, 0) is 6.08 Å². The zero-order chi connectivity index (χ0) is 8.72.